The van der Waals surface area contributed by atoms with Crippen LogP contribution in [0.2, 0.25) is 0 Å². The van der Waals surface area contributed by atoms with Gasteiger partial charge in [0.25, 0.3) is 5.91 Å². The SMILES string of the molecule is CCC(CC)(CO)CNC(=O)c1ccccc1I. The molecule has 1 aromatic carbocycles. The molecule has 1 rings (SSSR count). The first-order valence-corrected chi connectivity index (χ1v) is 7.30. The molecule has 18 heavy (non-hydrogen) atoms. The maximum Gasteiger partial charge on any atom is 0.252 e. The first-order chi connectivity index (χ1) is 8.58. The molecule has 1 aromatic rings. The minimum absolute atomic E-state index is 0.0697. The lowest BCUT2D eigenvalue weighted by molar-refractivity contribution is 0.0850. The minimum Gasteiger partial charge on any atom is -0.396 e. The minimum atomic E-state index is -0.199. The van der Waals surface area contributed by atoms with Crippen molar-refractivity contribution in [2.45, 2.75) is 26.7 Å². The molecule has 2 N–H and O–H groups in total. The maximum absolute atomic E-state index is 12.1. The predicted octanol–water partition coefficient (Wildman–Crippen LogP) is 2.82. The number of carbonyl (C=O) groups excluding carboxylic acids is 1. The van der Waals surface area contributed by atoms with Crippen LogP contribution in [0.4, 0.5) is 0 Å². The molecule has 0 radical (unpaired) electrons. The fourth-order valence-corrected chi connectivity index (χ4v) is 2.42. The summed E-state index contributed by atoms with van der Waals surface area (Å²) in [6, 6.07) is 7.49. The predicted molar refractivity (Wildman–Crippen MR) is 81.6 cm³/mol. The average Bonchev–Trinajstić information content (AvgIpc) is 2.41. The number of carbonyl (C=O) groups is 1. The molecule has 0 heterocycles. The summed E-state index contributed by atoms with van der Waals surface area (Å²) in [4.78, 5) is 12.1. The normalized spacial score (nSPS) is 11.3. The highest BCUT2D eigenvalue weighted by atomic mass is 127. The monoisotopic (exact) mass is 361 g/mol. The summed E-state index contributed by atoms with van der Waals surface area (Å²) >= 11 is 2.15. The highest BCUT2D eigenvalue weighted by Crippen LogP contribution is 2.24. The highest BCUT2D eigenvalue weighted by molar-refractivity contribution is 14.1. The quantitative estimate of drug-likeness (QED) is 0.766. The van der Waals surface area contributed by atoms with Crippen LogP contribution >= 0.6 is 22.6 Å². The van der Waals surface area contributed by atoms with Crippen LogP contribution in [0.25, 0.3) is 0 Å². The molecule has 0 aliphatic carbocycles. The number of amides is 1. The van der Waals surface area contributed by atoms with Crippen LogP contribution in [0, 0.1) is 8.99 Å². The van der Waals surface area contributed by atoms with Crippen LogP contribution in [-0.4, -0.2) is 24.2 Å². The van der Waals surface area contributed by atoms with Gasteiger partial charge in [0, 0.05) is 15.5 Å². The Balaban J connectivity index is 2.69. The molecule has 0 bridgehead atoms. The number of aliphatic hydroxyl groups is 1. The van der Waals surface area contributed by atoms with Gasteiger partial charge >= 0.3 is 0 Å². The molecule has 0 saturated heterocycles. The zero-order chi connectivity index (χ0) is 13.6. The number of aliphatic hydroxyl groups excluding tert-OH is 1. The van der Waals surface area contributed by atoms with Crippen LogP contribution in [0.15, 0.2) is 24.3 Å². The fraction of sp³-hybridized carbons (Fsp3) is 0.500. The van der Waals surface area contributed by atoms with Crippen LogP contribution in [0.1, 0.15) is 37.0 Å². The molecule has 3 nitrogen and oxygen atoms in total. The van der Waals surface area contributed by atoms with E-state index < -0.39 is 0 Å². The Morgan fingerprint density at radius 2 is 1.94 bits per heavy atom. The van der Waals surface area contributed by atoms with E-state index in [2.05, 4.69) is 27.9 Å². The van der Waals surface area contributed by atoms with E-state index in [4.69, 9.17) is 0 Å². The van der Waals surface area contributed by atoms with Crippen LogP contribution in [-0.2, 0) is 0 Å². The zero-order valence-electron chi connectivity index (χ0n) is 10.9. The molecule has 0 aliphatic heterocycles. The van der Waals surface area contributed by atoms with Crippen molar-refractivity contribution in [1.29, 1.82) is 0 Å². The third-order valence-electron chi connectivity index (χ3n) is 3.58. The number of hydrogen-bond acceptors (Lipinski definition) is 2. The van der Waals surface area contributed by atoms with Gasteiger partial charge in [0.2, 0.25) is 0 Å². The van der Waals surface area contributed by atoms with Gasteiger partial charge in [-0.3, -0.25) is 4.79 Å². The second-order valence-corrected chi connectivity index (χ2v) is 5.69. The van der Waals surface area contributed by atoms with E-state index in [1.807, 2.05) is 38.1 Å². The van der Waals surface area contributed by atoms with Crippen LogP contribution < -0.4 is 5.32 Å². The van der Waals surface area contributed by atoms with Crippen molar-refractivity contribution < 1.29 is 9.90 Å². The van der Waals surface area contributed by atoms with Gasteiger partial charge in [-0.1, -0.05) is 26.0 Å². The smallest absolute Gasteiger partial charge is 0.252 e. The van der Waals surface area contributed by atoms with Crippen molar-refractivity contribution in [2.24, 2.45) is 5.41 Å². The topological polar surface area (TPSA) is 49.3 Å². The van der Waals surface area contributed by atoms with Crippen LogP contribution in [0.5, 0.6) is 0 Å². The largest absolute Gasteiger partial charge is 0.396 e. The summed E-state index contributed by atoms with van der Waals surface area (Å²) in [6.45, 7) is 4.70. The van der Waals surface area contributed by atoms with Crippen molar-refractivity contribution in [1.82, 2.24) is 5.32 Å². The Morgan fingerprint density at radius 1 is 1.33 bits per heavy atom. The molecule has 0 atom stereocenters. The lowest BCUT2D eigenvalue weighted by Crippen LogP contribution is -2.39. The van der Waals surface area contributed by atoms with E-state index in [1.54, 1.807) is 0 Å². The molecule has 0 saturated carbocycles. The van der Waals surface area contributed by atoms with Crippen molar-refractivity contribution in [3.05, 3.63) is 33.4 Å². The Hall–Kier alpha value is -0.620. The molecular weight excluding hydrogens is 341 g/mol. The maximum atomic E-state index is 12.1. The molecule has 0 aliphatic rings. The van der Waals surface area contributed by atoms with Crippen LogP contribution in [0.3, 0.4) is 0 Å². The lowest BCUT2D eigenvalue weighted by atomic mass is 9.83. The third kappa shape index (κ3) is 3.68. The number of rotatable bonds is 6. The zero-order valence-corrected chi connectivity index (χ0v) is 13.0. The van der Waals surface area contributed by atoms with Gasteiger partial charge in [-0.2, -0.15) is 0 Å². The van der Waals surface area contributed by atoms with Crippen molar-refractivity contribution in [2.75, 3.05) is 13.2 Å². The summed E-state index contributed by atoms with van der Waals surface area (Å²) in [5.74, 6) is -0.0697. The van der Waals surface area contributed by atoms with E-state index in [0.29, 0.717) is 12.1 Å². The summed E-state index contributed by atoms with van der Waals surface area (Å²) in [7, 11) is 0. The fourth-order valence-electron chi connectivity index (χ4n) is 1.79. The Bertz CT molecular complexity index is 394. The van der Waals surface area contributed by atoms with Crippen molar-refractivity contribution in [3.63, 3.8) is 0 Å². The Kier molecular flexibility index (Phi) is 6.08. The van der Waals surface area contributed by atoms with E-state index in [1.165, 1.54) is 0 Å². The molecule has 0 fully saturated rings. The summed E-state index contributed by atoms with van der Waals surface area (Å²) in [5, 5.41) is 12.4. The number of hydrogen-bond donors (Lipinski definition) is 2. The van der Waals surface area contributed by atoms with E-state index in [0.717, 1.165) is 16.4 Å². The van der Waals surface area contributed by atoms with Gasteiger partial charge < -0.3 is 10.4 Å². The van der Waals surface area contributed by atoms with Gasteiger partial charge in [-0.15, -0.1) is 0 Å². The Labute approximate surface area is 122 Å². The molecule has 4 heteroatoms. The first kappa shape index (κ1) is 15.4. The second-order valence-electron chi connectivity index (χ2n) is 4.53. The number of benzene rings is 1. The molecule has 1 amide bonds. The van der Waals surface area contributed by atoms with E-state index in [-0.39, 0.29) is 17.9 Å². The first-order valence-electron chi connectivity index (χ1n) is 6.22. The van der Waals surface area contributed by atoms with Crippen molar-refractivity contribution >= 4 is 28.5 Å². The molecule has 0 aromatic heterocycles. The van der Waals surface area contributed by atoms with E-state index >= 15 is 0 Å². The summed E-state index contributed by atoms with van der Waals surface area (Å²) in [5.41, 5.74) is 0.493. The molecule has 0 unspecified atom stereocenters. The number of nitrogens with one attached hydrogen (secondary N) is 1. The standard InChI is InChI=1S/C14H20INO2/c1-3-14(4-2,10-17)9-16-13(18)11-7-5-6-8-12(11)15/h5-8,17H,3-4,9-10H2,1-2H3,(H,16,18). The molecule has 100 valence electrons. The Morgan fingerprint density at radius 3 is 2.44 bits per heavy atom. The average molecular weight is 361 g/mol. The molecular formula is C14H20INO2. The van der Waals surface area contributed by atoms with Gasteiger partial charge in [0.05, 0.1) is 12.2 Å². The highest BCUT2D eigenvalue weighted by Gasteiger charge is 2.26. The molecule has 0 spiro atoms. The van der Waals surface area contributed by atoms with E-state index in [9.17, 15) is 9.90 Å². The van der Waals surface area contributed by atoms with Crippen molar-refractivity contribution in [3.8, 4) is 0 Å². The number of halogens is 1. The summed E-state index contributed by atoms with van der Waals surface area (Å²) < 4.78 is 0.940. The van der Waals surface area contributed by atoms with Gasteiger partial charge in [0.1, 0.15) is 0 Å². The van der Waals surface area contributed by atoms with Gasteiger partial charge in [0.15, 0.2) is 0 Å². The summed E-state index contributed by atoms with van der Waals surface area (Å²) in [6.07, 6.45) is 1.71. The third-order valence-corrected chi connectivity index (χ3v) is 4.52. The second kappa shape index (κ2) is 7.09. The lowest BCUT2D eigenvalue weighted by Gasteiger charge is -2.29. The van der Waals surface area contributed by atoms with Gasteiger partial charge in [-0.25, -0.2) is 0 Å². The van der Waals surface area contributed by atoms with Gasteiger partial charge in [-0.05, 0) is 47.6 Å².